The Morgan fingerprint density at radius 2 is 2.22 bits per heavy atom. The summed E-state index contributed by atoms with van der Waals surface area (Å²) in [6.07, 6.45) is 0. The van der Waals surface area contributed by atoms with E-state index in [9.17, 15) is 9.59 Å². The molecule has 2 aliphatic rings. The van der Waals surface area contributed by atoms with E-state index in [1.165, 1.54) is 0 Å². The molecule has 0 unspecified atom stereocenters. The summed E-state index contributed by atoms with van der Waals surface area (Å²) in [6, 6.07) is 4.98. The molecule has 0 saturated carbocycles. The summed E-state index contributed by atoms with van der Waals surface area (Å²) in [5, 5.41) is 0.0530. The molecule has 2 aliphatic heterocycles. The van der Waals surface area contributed by atoms with E-state index in [2.05, 4.69) is 0 Å². The van der Waals surface area contributed by atoms with Crippen molar-refractivity contribution < 1.29 is 14.3 Å². The molecule has 0 aliphatic carbocycles. The standard InChI is InChI=1S/C12H11NO3S2/c1-16-7-2-3-10-8(4-7)11(14)13-6-17-5-9(13)12(15)18-10/h2-4,9H,5-6H2,1H3/t9-/m1/s1. The number of nitrogens with zero attached hydrogens (tertiary/aromatic N) is 1. The lowest BCUT2D eigenvalue weighted by atomic mass is 10.1. The third-order valence-corrected chi connectivity index (χ3v) is 5.10. The van der Waals surface area contributed by atoms with E-state index in [0.29, 0.717) is 22.9 Å². The first-order valence-corrected chi connectivity index (χ1v) is 7.46. The van der Waals surface area contributed by atoms with Crippen molar-refractivity contribution in [2.24, 2.45) is 0 Å². The van der Waals surface area contributed by atoms with E-state index < -0.39 is 0 Å². The summed E-state index contributed by atoms with van der Waals surface area (Å²) in [4.78, 5) is 26.9. The van der Waals surface area contributed by atoms with Crippen LogP contribution in [0.5, 0.6) is 5.75 Å². The summed E-state index contributed by atoms with van der Waals surface area (Å²) in [5.41, 5.74) is 0.567. The van der Waals surface area contributed by atoms with Gasteiger partial charge >= 0.3 is 0 Å². The molecule has 0 spiro atoms. The molecular weight excluding hydrogens is 270 g/mol. The van der Waals surface area contributed by atoms with Crippen LogP contribution in [0, 0.1) is 0 Å². The van der Waals surface area contributed by atoms with Gasteiger partial charge < -0.3 is 9.64 Å². The van der Waals surface area contributed by atoms with E-state index >= 15 is 0 Å². The average Bonchev–Trinajstić information content (AvgIpc) is 2.84. The Kier molecular flexibility index (Phi) is 2.99. The zero-order chi connectivity index (χ0) is 12.7. The molecule has 0 bridgehead atoms. The molecule has 1 amide bonds. The minimum absolute atomic E-state index is 0.0530. The monoisotopic (exact) mass is 281 g/mol. The van der Waals surface area contributed by atoms with Gasteiger partial charge in [0, 0.05) is 10.6 Å². The summed E-state index contributed by atoms with van der Waals surface area (Å²) in [7, 11) is 1.57. The fourth-order valence-corrected chi connectivity index (χ4v) is 4.28. The van der Waals surface area contributed by atoms with Crippen molar-refractivity contribution in [2.75, 3.05) is 18.7 Å². The zero-order valence-electron chi connectivity index (χ0n) is 9.71. The Labute approximate surface area is 113 Å². The molecule has 4 nitrogen and oxygen atoms in total. The minimum Gasteiger partial charge on any atom is -0.497 e. The number of hydrogen-bond donors (Lipinski definition) is 0. The van der Waals surface area contributed by atoms with Crippen molar-refractivity contribution in [2.45, 2.75) is 10.9 Å². The summed E-state index contributed by atoms with van der Waals surface area (Å²) >= 11 is 2.78. The maximum absolute atomic E-state index is 12.4. The molecule has 1 atom stereocenters. The van der Waals surface area contributed by atoms with Gasteiger partial charge in [0.1, 0.15) is 11.8 Å². The smallest absolute Gasteiger partial charge is 0.256 e. The number of ether oxygens (including phenoxy) is 1. The molecule has 0 aromatic heterocycles. The molecule has 1 fully saturated rings. The van der Waals surface area contributed by atoms with E-state index in [1.54, 1.807) is 42.0 Å². The molecule has 18 heavy (non-hydrogen) atoms. The molecule has 1 aromatic rings. The second-order valence-corrected chi connectivity index (χ2v) is 6.12. The Morgan fingerprint density at radius 1 is 1.39 bits per heavy atom. The van der Waals surface area contributed by atoms with Crippen molar-refractivity contribution in [1.82, 2.24) is 4.90 Å². The molecule has 1 aromatic carbocycles. The van der Waals surface area contributed by atoms with Crippen LogP contribution in [-0.4, -0.2) is 40.7 Å². The van der Waals surface area contributed by atoms with E-state index in [1.807, 2.05) is 0 Å². The quantitative estimate of drug-likeness (QED) is 0.786. The lowest BCUT2D eigenvalue weighted by Crippen LogP contribution is -2.39. The van der Waals surface area contributed by atoms with Crippen LogP contribution < -0.4 is 4.74 Å². The number of fused-ring (bicyclic) bond motifs is 2. The van der Waals surface area contributed by atoms with Crippen molar-refractivity contribution in [3.8, 4) is 5.75 Å². The predicted octanol–water partition coefficient (Wildman–Crippen LogP) is 1.84. The van der Waals surface area contributed by atoms with Gasteiger partial charge in [0.15, 0.2) is 0 Å². The molecular formula is C12H11NO3S2. The summed E-state index contributed by atoms with van der Waals surface area (Å²) < 4.78 is 5.14. The van der Waals surface area contributed by atoms with Crippen LogP contribution in [0.3, 0.4) is 0 Å². The molecule has 6 heteroatoms. The highest BCUT2D eigenvalue weighted by Crippen LogP contribution is 2.37. The van der Waals surface area contributed by atoms with Crippen LogP contribution in [-0.2, 0) is 4.79 Å². The van der Waals surface area contributed by atoms with Crippen LogP contribution in [0.15, 0.2) is 23.1 Å². The molecule has 0 N–H and O–H groups in total. The van der Waals surface area contributed by atoms with Crippen LogP contribution >= 0.6 is 23.5 Å². The Bertz CT molecular complexity index is 532. The Hall–Kier alpha value is -1.14. The first kappa shape index (κ1) is 11.9. The van der Waals surface area contributed by atoms with Crippen molar-refractivity contribution in [3.05, 3.63) is 23.8 Å². The average molecular weight is 281 g/mol. The van der Waals surface area contributed by atoms with Gasteiger partial charge in [-0.25, -0.2) is 0 Å². The Balaban J connectivity index is 2.09. The molecule has 2 heterocycles. The summed E-state index contributed by atoms with van der Waals surface area (Å²) in [6.45, 7) is 0. The number of carbonyl (C=O) groups is 2. The molecule has 1 saturated heterocycles. The van der Waals surface area contributed by atoms with E-state index in [-0.39, 0.29) is 17.1 Å². The van der Waals surface area contributed by atoms with Gasteiger partial charge in [0.05, 0.1) is 18.6 Å². The highest BCUT2D eigenvalue weighted by Gasteiger charge is 2.39. The lowest BCUT2D eigenvalue weighted by molar-refractivity contribution is -0.113. The van der Waals surface area contributed by atoms with Crippen molar-refractivity contribution >= 4 is 34.5 Å². The zero-order valence-corrected chi connectivity index (χ0v) is 11.3. The van der Waals surface area contributed by atoms with Gasteiger partial charge in [-0.15, -0.1) is 11.8 Å². The van der Waals surface area contributed by atoms with Gasteiger partial charge in [0.2, 0.25) is 5.12 Å². The minimum atomic E-state index is -0.286. The van der Waals surface area contributed by atoms with Gasteiger partial charge in [-0.1, -0.05) is 0 Å². The highest BCUT2D eigenvalue weighted by atomic mass is 32.2. The van der Waals surface area contributed by atoms with Crippen LogP contribution in [0.1, 0.15) is 10.4 Å². The second-order valence-electron chi connectivity index (χ2n) is 4.07. The Morgan fingerprint density at radius 3 is 3.00 bits per heavy atom. The first-order valence-electron chi connectivity index (χ1n) is 5.49. The maximum atomic E-state index is 12.4. The molecule has 0 radical (unpaired) electrons. The van der Waals surface area contributed by atoms with Gasteiger partial charge in [-0.05, 0) is 30.0 Å². The van der Waals surface area contributed by atoms with Crippen LogP contribution in [0.25, 0.3) is 0 Å². The highest BCUT2D eigenvalue weighted by molar-refractivity contribution is 8.14. The fourth-order valence-electron chi connectivity index (χ4n) is 2.06. The van der Waals surface area contributed by atoms with Crippen molar-refractivity contribution in [1.29, 1.82) is 0 Å². The number of benzene rings is 1. The van der Waals surface area contributed by atoms with Crippen molar-refractivity contribution in [3.63, 3.8) is 0 Å². The largest absolute Gasteiger partial charge is 0.497 e. The van der Waals surface area contributed by atoms with Gasteiger partial charge in [0.25, 0.3) is 5.91 Å². The van der Waals surface area contributed by atoms with Gasteiger partial charge in [-0.3, -0.25) is 9.59 Å². The van der Waals surface area contributed by atoms with Gasteiger partial charge in [-0.2, -0.15) is 0 Å². The predicted molar refractivity (Wildman–Crippen MR) is 71.1 cm³/mol. The topological polar surface area (TPSA) is 46.6 Å². The fraction of sp³-hybridized carbons (Fsp3) is 0.333. The normalized spacial score (nSPS) is 22.5. The number of thioether (sulfide) groups is 2. The number of carbonyl (C=O) groups excluding carboxylic acids is 2. The maximum Gasteiger partial charge on any atom is 0.256 e. The van der Waals surface area contributed by atoms with E-state index in [0.717, 1.165) is 16.7 Å². The third-order valence-electron chi connectivity index (χ3n) is 3.04. The lowest BCUT2D eigenvalue weighted by Gasteiger charge is -2.19. The third kappa shape index (κ3) is 1.80. The van der Waals surface area contributed by atoms with Crippen LogP contribution in [0.4, 0.5) is 0 Å². The number of rotatable bonds is 1. The first-order chi connectivity index (χ1) is 8.70. The number of methoxy groups -OCH3 is 1. The molecule has 3 rings (SSSR count). The van der Waals surface area contributed by atoms with Crippen LogP contribution in [0.2, 0.25) is 0 Å². The van der Waals surface area contributed by atoms with E-state index in [4.69, 9.17) is 4.74 Å². The summed E-state index contributed by atoms with van der Waals surface area (Å²) in [5.74, 6) is 1.85. The molecule has 94 valence electrons. The number of amides is 1. The second kappa shape index (κ2) is 4.51. The SMILES string of the molecule is COc1ccc2c(c1)C(=O)N1CSC[C@@H]1C(=O)S2. The number of hydrogen-bond acceptors (Lipinski definition) is 5.